The molecule has 1 amide bonds. The standard InChI is InChI=1S/C28H35ClN4O4S/c1-28(2,3)18-38(35,36)22-13-19-15-30-32(11-12-37-4)26(19)25(14-22)33-20-9-10-21(33)17-31(16-20)27(34)23-7-5-6-8-24(23)29/h5-8,13-15,20-21H,9-12,16-18H2,1-4H3/t20-,21+. The molecule has 1 aromatic heterocycles. The van der Waals surface area contributed by atoms with Gasteiger partial charge in [0.15, 0.2) is 9.84 Å². The average Bonchev–Trinajstić information content (AvgIpc) is 3.37. The molecule has 2 bridgehead atoms. The van der Waals surface area contributed by atoms with Gasteiger partial charge in [-0.1, -0.05) is 44.5 Å². The maximum atomic E-state index is 13.5. The fourth-order valence-electron chi connectivity index (χ4n) is 5.83. The van der Waals surface area contributed by atoms with Gasteiger partial charge >= 0.3 is 0 Å². The van der Waals surface area contributed by atoms with E-state index in [0.717, 1.165) is 29.4 Å². The number of rotatable bonds is 7. The summed E-state index contributed by atoms with van der Waals surface area (Å²) in [7, 11) is -1.87. The molecular weight excluding hydrogens is 524 g/mol. The molecule has 204 valence electrons. The number of anilines is 1. The summed E-state index contributed by atoms with van der Waals surface area (Å²) < 4.78 is 34.2. The Hall–Kier alpha value is -2.62. The van der Waals surface area contributed by atoms with E-state index in [1.54, 1.807) is 31.5 Å². The highest BCUT2D eigenvalue weighted by atomic mass is 35.5. The fraction of sp³-hybridized carbons (Fsp3) is 0.500. The molecule has 2 aromatic carbocycles. The van der Waals surface area contributed by atoms with Crippen molar-refractivity contribution in [1.82, 2.24) is 14.7 Å². The number of nitrogens with zero attached hydrogens (tertiary/aromatic N) is 4. The Bertz CT molecular complexity index is 1450. The minimum atomic E-state index is -3.53. The average molecular weight is 559 g/mol. The van der Waals surface area contributed by atoms with Crippen LogP contribution in [0.3, 0.4) is 0 Å². The van der Waals surface area contributed by atoms with Crippen molar-refractivity contribution in [2.24, 2.45) is 5.41 Å². The van der Waals surface area contributed by atoms with Gasteiger partial charge in [0, 0.05) is 37.7 Å². The van der Waals surface area contributed by atoms with Crippen molar-refractivity contribution in [3.63, 3.8) is 0 Å². The summed E-state index contributed by atoms with van der Waals surface area (Å²) in [5.41, 5.74) is 1.90. The predicted molar refractivity (Wildman–Crippen MR) is 150 cm³/mol. The van der Waals surface area contributed by atoms with Crippen molar-refractivity contribution >= 4 is 43.9 Å². The van der Waals surface area contributed by atoms with Crippen LogP contribution in [0.25, 0.3) is 10.9 Å². The van der Waals surface area contributed by atoms with Crippen molar-refractivity contribution in [1.29, 1.82) is 0 Å². The Kier molecular flexibility index (Phi) is 7.22. The molecular formula is C28H35ClN4O4S. The van der Waals surface area contributed by atoms with Gasteiger partial charge in [0.1, 0.15) is 0 Å². The largest absolute Gasteiger partial charge is 0.383 e. The van der Waals surface area contributed by atoms with Gasteiger partial charge in [0.25, 0.3) is 5.91 Å². The Labute approximate surface area is 229 Å². The van der Waals surface area contributed by atoms with Gasteiger partial charge in [0.05, 0.1) is 51.8 Å². The van der Waals surface area contributed by atoms with Crippen molar-refractivity contribution in [3.8, 4) is 0 Å². The smallest absolute Gasteiger partial charge is 0.255 e. The molecule has 3 aromatic rings. The molecule has 10 heteroatoms. The zero-order chi connectivity index (χ0) is 27.2. The lowest BCUT2D eigenvalue weighted by Gasteiger charge is -2.43. The Morgan fingerprint density at radius 3 is 2.45 bits per heavy atom. The number of methoxy groups -OCH3 is 1. The molecule has 0 aliphatic carbocycles. The van der Waals surface area contributed by atoms with Crippen LogP contribution in [-0.4, -0.2) is 73.6 Å². The van der Waals surface area contributed by atoms with E-state index in [9.17, 15) is 13.2 Å². The van der Waals surface area contributed by atoms with Gasteiger partial charge in [-0.05, 0) is 42.5 Å². The number of hydrogen-bond acceptors (Lipinski definition) is 6. The monoisotopic (exact) mass is 558 g/mol. The Morgan fingerprint density at radius 1 is 1.13 bits per heavy atom. The SMILES string of the molecule is COCCn1ncc2cc(S(=O)(=O)CC(C)(C)C)cc(N3[C@@H]4CC[C@H]3CN(C(=O)c3ccccc3Cl)C4)c21. The summed E-state index contributed by atoms with van der Waals surface area (Å²) in [6.45, 7) is 7.95. The number of aromatic nitrogens is 2. The van der Waals surface area contributed by atoms with E-state index in [1.807, 2.05) is 48.6 Å². The van der Waals surface area contributed by atoms with Gasteiger partial charge in [-0.25, -0.2) is 8.42 Å². The van der Waals surface area contributed by atoms with Crippen LogP contribution in [0.1, 0.15) is 44.0 Å². The minimum absolute atomic E-state index is 0.0513. The number of carbonyl (C=O) groups excluding carboxylic acids is 1. The van der Waals surface area contributed by atoms with Crippen LogP contribution in [0.4, 0.5) is 5.69 Å². The summed E-state index contributed by atoms with van der Waals surface area (Å²) in [5.74, 6) is -0.0145. The summed E-state index contributed by atoms with van der Waals surface area (Å²) in [5, 5.41) is 5.83. The first-order valence-corrected chi connectivity index (χ1v) is 15.0. The molecule has 0 radical (unpaired) electrons. The number of fused-ring (bicyclic) bond motifs is 3. The normalized spacial score (nSPS) is 19.9. The Morgan fingerprint density at radius 2 is 1.82 bits per heavy atom. The molecule has 2 saturated heterocycles. The van der Waals surface area contributed by atoms with Gasteiger partial charge in [0.2, 0.25) is 0 Å². The van der Waals surface area contributed by atoms with Crippen LogP contribution in [0.5, 0.6) is 0 Å². The van der Waals surface area contributed by atoms with Gasteiger partial charge < -0.3 is 14.5 Å². The van der Waals surface area contributed by atoms with E-state index in [1.165, 1.54) is 0 Å². The minimum Gasteiger partial charge on any atom is -0.383 e. The zero-order valence-electron chi connectivity index (χ0n) is 22.4. The molecule has 0 spiro atoms. The molecule has 38 heavy (non-hydrogen) atoms. The number of hydrogen-bond donors (Lipinski definition) is 0. The van der Waals surface area contributed by atoms with E-state index in [-0.39, 0.29) is 29.2 Å². The molecule has 3 heterocycles. The number of benzene rings is 2. The second kappa shape index (κ2) is 10.2. The van der Waals surface area contributed by atoms with Crippen LogP contribution in [0, 0.1) is 5.41 Å². The quantitative estimate of drug-likeness (QED) is 0.420. The fourth-order valence-corrected chi connectivity index (χ4v) is 7.95. The molecule has 2 aliphatic rings. The van der Waals surface area contributed by atoms with E-state index < -0.39 is 9.84 Å². The van der Waals surface area contributed by atoms with Crippen molar-refractivity contribution < 1.29 is 17.9 Å². The first-order valence-electron chi connectivity index (χ1n) is 13.0. The third-order valence-electron chi connectivity index (χ3n) is 7.33. The first-order chi connectivity index (χ1) is 18.0. The maximum Gasteiger partial charge on any atom is 0.255 e. The maximum absolute atomic E-state index is 13.5. The highest BCUT2D eigenvalue weighted by Gasteiger charge is 2.43. The molecule has 0 saturated carbocycles. The van der Waals surface area contributed by atoms with Gasteiger partial charge in [-0.3, -0.25) is 9.48 Å². The molecule has 0 unspecified atom stereocenters. The van der Waals surface area contributed by atoms with Crippen LogP contribution < -0.4 is 4.90 Å². The molecule has 2 fully saturated rings. The van der Waals surface area contributed by atoms with Crippen molar-refractivity contribution in [3.05, 3.63) is 53.2 Å². The highest BCUT2D eigenvalue weighted by Crippen LogP contribution is 2.41. The van der Waals surface area contributed by atoms with E-state index in [4.69, 9.17) is 16.3 Å². The third kappa shape index (κ3) is 5.16. The van der Waals surface area contributed by atoms with Crippen molar-refractivity contribution in [2.45, 2.75) is 57.1 Å². The molecule has 2 aliphatic heterocycles. The number of piperazine rings is 1. The third-order valence-corrected chi connectivity index (χ3v) is 9.86. The number of sulfone groups is 1. The summed E-state index contributed by atoms with van der Waals surface area (Å²) in [4.78, 5) is 17.9. The lowest BCUT2D eigenvalue weighted by atomic mass is 10.0. The van der Waals surface area contributed by atoms with Crippen LogP contribution in [0.15, 0.2) is 47.5 Å². The molecule has 5 rings (SSSR count). The zero-order valence-corrected chi connectivity index (χ0v) is 23.9. The Balaban J connectivity index is 1.55. The molecule has 8 nitrogen and oxygen atoms in total. The lowest BCUT2D eigenvalue weighted by Crippen LogP contribution is -2.55. The van der Waals surface area contributed by atoms with Crippen LogP contribution in [0.2, 0.25) is 5.02 Å². The number of amides is 1. The number of likely N-dealkylation sites (tertiary alicyclic amines) is 1. The van der Waals surface area contributed by atoms with Crippen LogP contribution >= 0.6 is 11.6 Å². The van der Waals surface area contributed by atoms with E-state index in [2.05, 4.69) is 10.00 Å². The lowest BCUT2D eigenvalue weighted by molar-refractivity contribution is 0.0718. The summed E-state index contributed by atoms with van der Waals surface area (Å²) in [6.07, 6.45) is 3.58. The second-order valence-electron chi connectivity index (χ2n) is 11.5. The predicted octanol–water partition coefficient (Wildman–Crippen LogP) is 4.65. The van der Waals surface area contributed by atoms with Gasteiger partial charge in [-0.2, -0.15) is 5.10 Å². The highest BCUT2D eigenvalue weighted by molar-refractivity contribution is 7.91. The van der Waals surface area contributed by atoms with Crippen molar-refractivity contribution in [2.75, 3.05) is 37.5 Å². The van der Waals surface area contributed by atoms with Gasteiger partial charge in [-0.15, -0.1) is 0 Å². The molecule has 2 atom stereocenters. The van der Waals surface area contributed by atoms with E-state index in [0.29, 0.717) is 41.7 Å². The molecule has 0 N–H and O–H groups in total. The number of carbonyl (C=O) groups is 1. The topological polar surface area (TPSA) is 84.7 Å². The van der Waals surface area contributed by atoms with E-state index >= 15 is 0 Å². The summed E-state index contributed by atoms with van der Waals surface area (Å²) >= 11 is 6.33. The second-order valence-corrected chi connectivity index (χ2v) is 13.9. The van der Waals surface area contributed by atoms with Crippen LogP contribution in [-0.2, 0) is 21.1 Å². The number of halogens is 1. The number of ether oxygens (including phenoxy) is 1. The first kappa shape index (κ1) is 27.0. The summed E-state index contributed by atoms with van der Waals surface area (Å²) in [6, 6.07) is 10.8.